The first-order chi connectivity index (χ1) is 9.02. The lowest BCUT2D eigenvalue weighted by molar-refractivity contribution is 0.635. The molecule has 0 bridgehead atoms. The fourth-order valence-electron chi connectivity index (χ4n) is 2.23. The standard InChI is InChI=1S/C16H21FN2/c1-5-6-18-16-13(10(2)3)9-12-7-11(4)8-14(17)15(12)19-16/h7-10H,5-6H2,1-4H3,(H,18,19). The highest BCUT2D eigenvalue weighted by Crippen LogP contribution is 2.28. The Bertz CT molecular complexity index is 591. The van der Waals surface area contributed by atoms with Crippen molar-refractivity contribution in [2.75, 3.05) is 11.9 Å². The predicted molar refractivity (Wildman–Crippen MR) is 79.3 cm³/mol. The van der Waals surface area contributed by atoms with Crippen LogP contribution in [-0.4, -0.2) is 11.5 Å². The molecule has 0 atom stereocenters. The molecule has 0 spiro atoms. The molecule has 0 aliphatic rings. The Morgan fingerprint density at radius 3 is 2.63 bits per heavy atom. The molecule has 0 aliphatic carbocycles. The molecule has 0 unspecified atom stereocenters. The van der Waals surface area contributed by atoms with E-state index in [4.69, 9.17) is 0 Å². The van der Waals surface area contributed by atoms with Crippen LogP contribution >= 0.6 is 0 Å². The van der Waals surface area contributed by atoms with Gasteiger partial charge in [-0.3, -0.25) is 0 Å². The van der Waals surface area contributed by atoms with Crippen LogP contribution in [0.2, 0.25) is 0 Å². The van der Waals surface area contributed by atoms with Crippen LogP contribution in [0.1, 0.15) is 44.2 Å². The highest BCUT2D eigenvalue weighted by molar-refractivity contribution is 5.83. The average molecular weight is 260 g/mol. The zero-order valence-electron chi connectivity index (χ0n) is 12.0. The third kappa shape index (κ3) is 2.86. The molecule has 19 heavy (non-hydrogen) atoms. The topological polar surface area (TPSA) is 24.9 Å². The fourth-order valence-corrected chi connectivity index (χ4v) is 2.23. The largest absolute Gasteiger partial charge is 0.370 e. The van der Waals surface area contributed by atoms with Crippen molar-refractivity contribution in [3.05, 3.63) is 35.1 Å². The predicted octanol–water partition coefficient (Wildman–Crippen LogP) is 4.63. The molecule has 1 aromatic carbocycles. The number of fused-ring (bicyclic) bond motifs is 1. The van der Waals surface area contributed by atoms with E-state index in [0.717, 1.165) is 35.3 Å². The summed E-state index contributed by atoms with van der Waals surface area (Å²) in [7, 11) is 0. The van der Waals surface area contributed by atoms with Gasteiger partial charge < -0.3 is 5.32 Å². The third-order valence-electron chi connectivity index (χ3n) is 3.21. The molecular weight excluding hydrogens is 239 g/mol. The minimum absolute atomic E-state index is 0.246. The molecule has 0 saturated carbocycles. The average Bonchev–Trinajstić information content (AvgIpc) is 2.35. The molecule has 2 rings (SSSR count). The minimum Gasteiger partial charge on any atom is -0.370 e. The Hall–Kier alpha value is -1.64. The summed E-state index contributed by atoms with van der Waals surface area (Å²) in [4.78, 5) is 4.49. The summed E-state index contributed by atoms with van der Waals surface area (Å²) in [6.45, 7) is 9.12. The van der Waals surface area contributed by atoms with Gasteiger partial charge in [-0.25, -0.2) is 9.37 Å². The van der Waals surface area contributed by atoms with E-state index in [0.29, 0.717) is 11.4 Å². The van der Waals surface area contributed by atoms with Gasteiger partial charge in [0, 0.05) is 11.9 Å². The lowest BCUT2D eigenvalue weighted by atomic mass is 10.0. The van der Waals surface area contributed by atoms with Crippen molar-refractivity contribution in [3.63, 3.8) is 0 Å². The van der Waals surface area contributed by atoms with E-state index >= 15 is 0 Å². The second-order valence-electron chi connectivity index (χ2n) is 5.33. The van der Waals surface area contributed by atoms with E-state index < -0.39 is 0 Å². The molecular formula is C16H21FN2. The Morgan fingerprint density at radius 2 is 2.00 bits per heavy atom. The first-order valence-electron chi connectivity index (χ1n) is 6.87. The van der Waals surface area contributed by atoms with Gasteiger partial charge in [-0.2, -0.15) is 0 Å². The number of anilines is 1. The Kier molecular flexibility index (Phi) is 4.03. The van der Waals surface area contributed by atoms with Crippen LogP contribution in [0.25, 0.3) is 10.9 Å². The molecule has 0 fully saturated rings. The molecule has 0 aliphatic heterocycles. The number of hydrogen-bond donors (Lipinski definition) is 1. The Balaban J connectivity index is 2.62. The van der Waals surface area contributed by atoms with Crippen molar-refractivity contribution in [3.8, 4) is 0 Å². The number of aryl methyl sites for hydroxylation is 1. The zero-order valence-corrected chi connectivity index (χ0v) is 12.0. The summed E-state index contributed by atoms with van der Waals surface area (Å²) in [5.41, 5.74) is 2.52. The fraction of sp³-hybridized carbons (Fsp3) is 0.438. The molecule has 3 heteroatoms. The van der Waals surface area contributed by atoms with Crippen LogP contribution in [0.5, 0.6) is 0 Å². The van der Waals surface area contributed by atoms with E-state index in [2.05, 4.69) is 37.1 Å². The van der Waals surface area contributed by atoms with E-state index in [1.165, 1.54) is 6.07 Å². The summed E-state index contributed by atoms with van der Waals surface area (Å²) in [6.07, 6.45) is 1.02. The van der Waals surface area contributed by atoms with Gasteiger partial charge in [-0.1, -0.05) is 20.8 Å². The Morgan fingerprint density at radius 1 is 1.26 bits per heavy atom. The van der Waals surface area contributed by atoms with Crippen molar-refractivity contribution >= 4 is 16.7 Å². The van der Waals surface area contributed by atoms with E-state index in [1.807, 2.05) is 13.0 Å². The first kappa shape index (κ1) is 13.8. The van der Waals surface area contributed by atoms with Gasteiger partial charge in [-0.15, -0.1) is 0 Å². The molecule has 102 valence electrons. The number of halogens is 1. The van der Waals surface area contributed by atoms with Crippen molar-refractivity contribution in [2.45, 2.75) is 40.0 Å². The first-order valence-corrected chi connectivity index (χ1v) is 6.87. The SMILES string of the molecule is CCCNc1nc2c(F)cc(C)cc2cc1C(C)C. The maximum absolute atomic E-state index is 14.0. The van der Waals surface area contributed by atoms with Crippen molar-refractivity contribution in [1.29, 1.82) is 0 Å². The van der Waals surface area contributed by atoms with Gasteiger partial charge in [0.05, 0.1) is 0 Å². The highest BCUT2D eigenvalue weighted by Gasteiger charge is 2.12. The summed E-state index contributed by atoms with van der Waals surface area (Å²) in [5.74, 6) is 0.928. The number of aromatic nitrogens is 1. The Labute approximate surface area is 114 Å². The summed E-state index contributed by atoms with van der Waals surface area (Å²) in [5, 5.41) is 4.18. The van der Waals surface area contributed by atoms with E-state index in [9.17, 15) is 4.39 Å². The number of benzene rings is 1. The van der Waals surface area contributed by atoms with Gasteiger partial charge >= 0.3 is 0 Å². The molecule has 2 nitrogen and oxygen atoms in total. The van der Waals surface area contributed by atoms with Crippen LogP contribution in [0.4, 0.5) is 10.2 Å². The summed E-state index contributed by atoms with van der Waals surface area (Å²) in [6, 6.07) is 5.58. The maximum Gasteiger partial charge on any atom is 0.149 e. The minimum atomic E-state index is -0.246. The molecule has 0 radical (unpaired) electrons. The van der Waals surface area contributed by atoms with Gasteiger partial charge in [0.15, 0.2) is 0 Å². The van der Waals surface area contributed by atoms with Crippen molar-refractivity contribution < 1.29 is 4.39 Å². The summed E-state index contributed by atoms with van der Waals surface area (Å²) >= 11 is 0. The molecule has 1 N–H and O–H groups in total. The zero-order chi connectivity index (χ0) is 14.0. The number of pyridine rings is 1. The molecule has 1 aromatic heterocycles. The lowest BCUT2D eigenvalue weighted by Gasteiger charge is -2.15. The second-order valence-corrected chi connectivity index (χ2v) is 5.33. The molecule has 1 heterocycles. The van der Waals surface area contributed by atoms with Gasteiger partial charge in [-0.05, 0) is 48.6 Å². The molecule has 0 saturated heterocycles. The van der Waals surface area contributed by atoms with Crippen LogP contribution < -0.4 is 5.32 Å². The van der Waals surface area contributed by atoms with Gasteiger partial charge in [0.1, 0.15) is 17.2 Å². The normalized spacial score (nSPS) is 11.3. The van der Waals surface area contributed by atoms with E-state index in [-0.39, 0.29) is 5.82 Å². The van der Waals surface area contributed by atoms with Crippen LogP contribution in [-0.2, 0) is 0 Å². The lowest BCUT2D eigenvalue weighted by Crippen LogP contribution is -2.07. The highest BCUT2D eigenvalue weighted by atomic mass is 19.1. The van der Waals surface area contributed by atoms with Crippen molar-refractivity contribution in [2.24, 2.45) is 0 Å². The van der Waals surface area contributed by atoms with E-state index in [1.54, 1.807) is 0 Å². The number of nitrogens with one attached hydrogen (secondary N) is 1. The van der Waals surface area contributed by atoms with Crippen LogP contribution in [0, 0.1) is 12.7 Å². The van der Waals surface area contributed by atoms with Crippen LogP contribution in [0.15, 0.2) is 18.2 Å². The smallest absolute Gasteiger partial charge is 0.149 e. The van der Waals surface area contributed by atoms with Gasteiger partial charge in [0.25, 0.3) is 0 Å². The number of rotatable bonds is 4. The monoisotopic (exact) mass is 260 g/mol. The molecule has 0 amide bonds. The maximum atomic E-state index is 14.0. The van der Waals surface area contributed by atoms with Crippen molar-refractivity contribution in [1.82, 2.24) is 4.98 Å². The molecule has 2 aromatic rings. The van der Waals surface area contributed by atoms with Crippen LogP contribution in [0.3, 0.4) is 0 Å². The van der Waals surface area contributed by atoms with Gasteiger partial charge in [0.2, 0.25) is 0 Å². The quantitative estimate of drug-likeness (QED) is 0.867. The second kappa shape index (κ2) is 5.55. The number of nitrogens with zero attached hydrogens (tertiary/aromatic N) is 1. The summed E-state index contributed by atoms with van der Waals surface area (Å²) < 4.78 is 14.0. The number of hydrogen-bond acceptors (Lipinski definition) is 2. The third-order valence-corrected chi connectivity index (χ3v) is 3.21.